The summed E-state index contributed by atoms with van der Waals surface area (Å²) in [5.41, 5.74) is 11.7. The molecule has 0 aliphatic heterocycles. The number of terminal acetylenes is 2. The van der Waals surface area contributed by atoms with Gasteiger partial charge in [0.2, 0.25) is 0 Å². The molecule has 0 radical (unpaired) electrons. The molecule has 2 N–H and O–H groups in total. The summed E-state index contributed by atoms with van der Waals surface area (Å²) < 4.78 is 0. The molecule has 0 saturated heterocycles. The van der Waals surface area contributed by atoms with Gasteiger partial charge in [0.05, 0.1) is 0 Å². The summed E-state index contributed by atoms with van der Waals surface area (Å²) in [5.74, 6) is 7.12. The van der Waals surface area contributed by atoms with Crippen molar-refractivity contribution in [2.75, 3.05) is 0 Å². The van der Waals surface area contributed by atoms with Gasteiger partial charge < -0.3 is 10.2 Å². The lowest BCUT2D eigenvalue weighted by molar-refractivity contribution is 0.0364. The van der Waals surface area contributed by atoms with Crippen molar-refractivity contribution in [1.29, 1.82) is 0 Å². The maximum Gasteiger partial charge on any atom is 0.119 e. The summed E-state index contributed by atoms with van der Waals surface area (Å²) in [7, 11) is 0. The van der Waals surface area contributed by atoms with Crippen molar-refractivity contribution in [3.05, 3.63) is 154 Å². The molecule has 0 spiro atoms. The number of phenols is 2. The lowest BCUT2D eigenvalue weighted by Crippen LogP contribution is -2.43. The van der Waals surface area contributed by atoms with E-state index < -0.39 is 0 Å². The van der Waals surface area contributed by atoms with Crippen LogP contribution in [0.15, 0.2) is 109 Å². The fourth-order valence-electron chi connectivity index (χ4n) is 10.5. The number of phenolic OH excluding ortho intramolecular Hbond substituents is 2. The monoisotopic (exact) mass is 728 g/mol. The van der Waals surface area contributed by atoms with Crippen molar-refractivity contribution in [2.24, 2.45) is 17.3 Å². The fourth-order valence-corrected chi connectivity index (χ4v) is 10.5. The zero-order valence-corrected chi connectivity index (χ0v) is 33.7. The summed E-state index contributed by atoms with van der Waals surface area (Å²) in [6.07, 6.45) is 22.8. The third-order valence-corrected chi connectivity index (χ3v) is 13.6. The summed E-state index contributed by atoms with van der Waals surface area (Å²) >= 11 is 0. The van der Waals surface area contributed by atoms with Crippen LogP contribution in [0.5, 0.6) is 11.5 Å². The molecule has 0 bridgehead atoms. The molecule has 0 amide bonds. The van der Waals surface area contributed by atoms with Crippen molar-refractivity contribution < 1.29 is 10.2 Å². The highest BCUT2D eigenvalue weighted by Gasteiger charge is 2.48. The molecular weight excluding hydrogens is 669 g/mol. The van der Waals surface area contributed by atoms with Crippen molar-refractivity contribution in [3.8, 4) is 36.2 Å². The molecule has 4 aromatic rings. The zero-order valence-electron chi connectivity index (χ0n) is 33.7. The van der Waals surface area contributed by atoms with E-state index in [2.05, 4.69) is 125 Å². The Kier molecular flexibility index (Phi) is 11.9. The van der Waals surface area contributed by atoms with Crippen LogP contribution in [0, 0.1) is 41.9 Å². The van der Waals surface area contributed by atoms with Gasteiger partial charge in [-0.05, 0) is 141 Å². The molecule has 0 atom stereocenters. The average Bonchev–Trinajstić information content (AvgIpc) is 3.16. The van der Waals surface area contributed by atoms with Crippen LogP contribution in [-0.2, 0) is 36.5 Å². The second-order valence-electron chi connectivity index (χ2n) is 17.7. The molecular formula is C53H60O2. The number of benzene rings is 4. The first-order valence-electron chi connectivity index (χ1n) is 20.3. The molecule has 2 fully saturated rings. The molecule has 284 valence electrons. The normalized spacial score (nSPS) is 17.2. The maximum absolute atomic E-state index is 10.7. The third-order valence-electron chi connectivity index (χ3n) is 13.6. The molecule has 0 heterocycles. The molecule has 4 aromatic carbocycles. The van der Waals surface area contributed by atoms with E-state index in [1.807, 2.05) is 0 Å². The lowest BCUT2D eigenvalue weighted by atomic mass is 9.53. The molecule has 2 heteroatoms. The maximum atomic E-state index is 10.7. The van der Waals surface area contributed by atoms with Crippen molar-refractivity contribution in [1.82, 2.24) is 0 Å². The topological polar surface area (TPSA) is 40.5 Å². The van der Waals surface area contributed by atoms with Gasteiger partial charge in [0.1, 0.15) is 11.5 Å². The molecule has 2 nitrogen and oxygen atoms in total. The van der Waals surface area contributed by atoms with E-state index in [-0.39, 0.29) is 27.7 Å². The number of hydrogen-bond acceptors (Lipinski definition) is 2. The first-order valence-corrected chi connectivity index (χ1v) is 20.3. The SMILES string of the molecule is C#CCc1cc(C2(c3ccc(O)c(CC#C)c3)CCC(C(C)(C)C3CCC(c4cccc(CC(=C)C)c4)(c4cccc(CC(=C)C)c4)CC3)CC2)ccc1O. The van der Waals surface area contributed by atoms with E-state index in [0.717, 1.165) is 62.5 Å². The Morgan fingerprint density at radius 2 is 0.982 bits per heavy atom. The predicted octanol–water partition coefficient (Wildman–Crippen LogP) is 12.4. The van der Waals surface area contributed by atoms with Crippen LogP contribution in [0.25, 0.3) is 0 Å². The summed E-state index contributed by atoms with van der Waals surface area (Å²) in [4.78, 5) is 0. The Labute approximate surface area is 331 Å². The Morgan fingerprint density at radius 1 is 0.618 bits per heavy atom. The van der Waals surface area contributed by atoms with Gasteiger partial charge in [0.15, 0.2) is 0 Å². The largest absolute Gasteiger partial charge is 0.508 e. The molecule has 6 rings (SSSR count). The van der Waals surface area contributed by atoms with Crippen LogP contribution >= 0.6 is 0 Å². The van der Waals surface area contributed by atoms with Gasteiger partial charge in [-0.25, -0.2) is 0 Å². The first-order chi connectivity index (χ1) is 26.3. The minimum atomic E-state index is -0.272. The van der Waals surface area contributed by atoms with Crippen LogP contribution in [0.4, 0.5) is 0 Å². The smallest absolute Gasteiger partial charge is 0.119 e. The summed E-state index contributed by atoms with van der Waals surface area (Å²) in [6, 6.07) is 30.7. The number of aromatic hydroxyl groups is 2. The van der Waals surface area contributed by atoms with Gasteiger partial charge in [-0.3, -0.25) is 0 Å². The highest BCUT2D eigenvalue weighted by atomic mass is 16.3. The Bertz CT molecular complexity index is 1990. The molecule has 0 aromatic heterocycles. The van der Waals surface area contributed by atoms with Crippen LogP contribution in [0.2, 0.25) is 0 Å². The van der Waals surface area contributed by atoms with Crippen LogP contribution in [0.3, 0.4) is 0 Å². The van der Waals surface area contributed by atoms with E-state index in [1.165, 1.54) is 57.4 Å². The summed E-state index contributed by atoms with van der Waals surface area (Å²) in [5, 5.41) is 21.4. The number of rotatable bonds is 12. The second-order valence-corrected chi connectivity index (χ2v) is 17.7. The van der Waals surface area contributed by atoms with Gasteiger partial charge in [-0.2, -0.15) is 0 Å². The first kappa shape index (κ1) is 39.8. The van der Waals surface area contributed by atoms with Crippen molar-refractivity contribution in [2.45, 2.75) is 116 Å². The second kappa shape index (κ2) is 16.4. The predicted molar refractivity (Wildman–Crippen MR) is 230 cm³/mol. The molecule has 55 heavy (non-hydrogen) atoms. The minimum Gasteiger partial charge on any atom is -0.508 e. The lowest BCUT2D eigenvalue weighted by Gasteiger charge is -2.52. The van der Waals surface area contributed by atoms with E-state index >= 15 is 0 Å². The van der Waals surface area contributed by atoms with Gasteiger partial charge in [0.25, 0.3) is 0 Å². The van der Waals surface area contributed by atoms with Crippen LogP contribution < -0.4 is 0 Å². The highest BCUT2D eigenvalue weighted by molar-refractivity contribution is 5.50. The molecule has 0 unspecified atom stereocenters. The van der Waals surface area contributed by atoms with E-state index in [4.69, 9.17) is 12.8 Å². The summed E-state index contributed by atoms with van der Waals surface area (Å²) in [6.45, 7) is 17.8. The van der Waals surface area contributed by atoms with Gasteiger partial charge in [0, 0.05) is 34.8 Å². The van der Waals surface area contributed by atoms with Crippen molar-refractivity contribution >= 4 is 0 Å². The Hall–Kier alpha value is -4.92. The van der Waals surface area contributed by atoms with E-state index in [0.29, 0.717) is 24.7 Å². The average molecular weight is 729 g/mol. The van der Waals surface area contributed by atoms with Crippen LogP contribution in [0.1, 0.15) is 124 Å². The Morgan fingerprint density at radius 3 is 1.33 bits per heavy atom. The number of allylic oxidation sites excluding steroid dienone is 2. The zero-order chi connectivity index (χ0) is 39.4. The molecule has 2 saturated carbocycles. The van der Waals surface area contributed by atoms with Crippen molar-refractivity contribution in [3.63, 3.8) is 0 Å². The van der Waals surface area contributed by atoms with Gasteiger partial charge >= 0.3 is 0 Å². The number of hydrogen-bond donors (Lipinski definition) is 2. The standard InChI is InChI=1S/C53H60O2/c1-9-13-41-35-47(19-21-49(41)54)53(48-20-22-50(55)42(36-48)14-10-2)29-25-44(26-30-53)51(7,8)43-23-27-52(28-24-43,45-17-11-15-39(33-45)31-37(3)4)46-18-12-16-40(34-46)32-38(5)6/h1-2,11-12,15-22,33-36,43-44,54-55H,3,5,13-14,23-32H2,4,6-8H3. The molecule has 2 aliphatic carbocycles. The van der Waals surface area contributed by atoms with E-state index in [1.54, 1.807) is 12.1 Å². The van der Waals surface area contributed by atoms with Gasteiger partial charge in [-0.15, -0.1) is 24.7 Å². The van der Waals surface area contributed by atoms with E-state index in [9.17, 15) is 10.2 Å². The highest BCUT2D eigenvalue weighted by Crippen LogP contribution is 2.57. The third kappa shape index (κ3) is 8.21. The van der Waals surface area contributed by atoms with Gasteiger partial charge in [-0.1, -0.05) is 111 Å². The fraction of sp³-hybridized carbons (Fsp3) is 0.396. The minimum absolute atomic E-state index is 0.0333. The quantitative estimate of drug-likeness (QED) is 0.113. The molecule has 2 aliphatic rings. The van der Waals surface area contributed by atoms with Crippen LogP contribution in [-0.4, -0.2) is 10.2 Å². The Balaban J connectivity index is 1.29.